The quantitative estimate of drug-likeness (QED) is 0.311. The molecule has 1 fully saturated rings. The van der Waals surface area contributed by atoms with Crippen LogP contribution < -0.4 is 0 Å². The van der Waals surface area contributed by atoms with Crippen molar-refractivity contribution < 1.29 is 9.53 Å². The normalized spacial score (nSPS) is 23.2. The van der Waals surface area contributed by atoms with E-state index in [2.05, 4.69) is 25.3 Å². The number of Topliss-reactive ketones (excluding diaryl/α,β-unsaturated/α-hetero) is 1. The summed E-state index contributed by atoms with van der Waals surface area (Å²) in [7, 11) is 0. The van der Waals surface area contributed by atoms with Crippen molar-refractivity contribution in [1.29, 1.82) is 0 Å². The summed E-state index contributed by atoms with van der Waals surface area (Å²) in [5, 5.41) is 0. The molecule has 2 atom stereocenters. The fraction of sp³-hybridized carbons (Fsp3) is 0.682. The third-order valence-electron chi connectivity index (χ3n) is 4.71. The van der Waals surface area contributed by atoms with E-state index in [0.717, 1.165) is 36.2 Å². The molecule has 1 saturated heterocycles. The summed E-state index contributed by atoms with van der Waals surface area (Å²) >= 11 is 0. The first-order valence-electron chi connectivity index (χ1n) is 9.75. The maximum absolute atomic E-state index is 11.1. The average molecular weight is 348 g/mol. The van der Waals surface area contributed by atoms with Crippen LogP contribution in [0.2, 0.25) is 0 Å². The van der Waals surface area contributed by atoms with Crippen LogP contribution in [0.1, 0.15) is 59.8 Å². The summed E-state index contributed by atoms with van der Waals surface area (Å²) in [4.78, 5) is 13.7. The second kappa shape index (κ2) is 12.1. The van der Waals surface area contributed by atoms with Crippen LogP contribution in [0.5, 0.6) is 0 Å². The van der Waals surface area contributed by atoms with Crippen molar-refractivity contribution in [2.45, 2.75) is 59.8 Å². The number of unbranched alkanes of at least 4 members (excludes halogenated alkanes) is 1. The Hall–Kier alpha value is -1.35. The van der Waals surface area contributed by atoms with E-state index in [1.54, 1.807) is 13.0 Å². The lowest BCUT2D eigenvalue weighted by Crippen LogP contribution is -2.28. The molecule has 25 heavy (non-hydrogen) atoms. The third-order valence-corrected chi connectivity index (χ3v) is 4.71. The Kier molecular flexibility index (Phi) is 10.5. The number of carbonyl (C=O) groups excluding carboxylic acids is 1. The predicted octanol–water partition coefficient (Wildman–Crippen LogP) is 5.15. The van der Waals surface area contributed by atoms with Gasteiger partial charge >= 0.3 is 0 Å². The van der Waals surface area contributed by atoms with Crippen LogP contribution in [0, 0.1) is 11.8 Å². The van der Waals surface area contributed by atoms with Gasteiger partial charge in [-0.05, 0) is 76.6 Å². The third kappa shape index (κ3) is 10.3. The van der Waals surface area contributed by atoms with Gasteiger partial charge in [0.25, 0.3) is 0 Å². The smallest absolute Gasteiger partial charge is 0.133 e. The lowest BCUT2D eigenvalue weighted by molar-refractivity contribution is -0.116. The highest BCUT2D eigenvalue weighted by atomic mass is 16.5. The van der Waals surface area contributed by atoms with E-state index in [4.69, 9.17) is 4.74 Å². The Morgan fingerprint density at radius 2 is 1.96 bits per heavy atom. The minimum atomic E-state index is 0.181. The van der Waals surface area contributed by atoms with Crippen LogP contribution in [-0.2, 0) is 9.53 Å². The first-order chi connectivity index (χ1) is 11.9. The lowest BCUT2D eigenvalue weighted by Gasteiger charge is -2.22. The number of carbonyl (C=O) groups is 1. The number of hydrogen-bond donors (Lipinski definition) is 0. The fourth-order valence-electron chi connectivity index (χ4n) is 3.50. The molecule has 0 aromatic rings. The summed E-state index contributed by atoms with van der Waals surface area (Å²) < 4.78 is 5.79. The summed E-state index contributed by atoms with van der Waals surface area (Å²) in [5.41, 5.74) is 1.04. The first-order valence-corrected chi connectivity index (χ1v) is 9.75. The summed E-state index contributed by atoms with van der Waals surface area (Å²) in [6.45, 7) is 16.5. The predicted molar refractivity (Wildman–Crippen MR) is 107 cm³/mol. The Morgan fingerprint density at radius 3 is 2.64 bits per heavy atom. The number of allylic oxidation sites excluding steroid dienone is 4. The lowest BCUT2D eigenvalue weighted by atomic mass is 9.97. The van der Waals surface area contributed by atoms with Gasteiger partial charge in [-0.15, -0.1) is 0 Å². The van der Waals surface area contributed by atoms with Gasteiger partial charge in [0.05, 0.1) is 6.61 Å². The first kappa shape index (κ1) is 21.7. The molecule has 3 nitrogen and oxygen atoms in total. The molecule has 1 aliphatic rings. The van der Waals surface area contributed by atoms with Gasteiger partial charge < -0.3 is 9.64 Å². The van der Waals surface area contributed by atoms with E-state index >= 15 is 0 Å². The monoisotopic (exact) mass is 347 g/mol. The SMILES string of the molecule is C=C/C(=C\C=C(/C)CC(C)=O)OCCCCN1CCC(C)C[C@@H](C)C1. The van der Waals surface area contributed by atoms with Crippen molar-refractivity contribution in [3.63, 3.8) is 0 Å². The molecule has 0 bridgehead atoms. The van der Waals surface area contributed by atoms with Gasteiger partial charge in [-0.1, -0.05) is 32.1 Å². The molecule has 0 aromatic carbocycles. The van der Waals surface area contributed by atoms with Crippen molar-refractivity contribution in [2.75, 3.05) is 26.2 Å². The minimum Gasteiger partial charge on any atom is -0.494 e. The second-order valence-electron chi connectivity index (χ2n) is 7.76. The summed E-state index contributed by atoms with van der Waals surface area (Å²) in [6, 6.07) is 0. The fourth-order valence-corrected chi connectivity index (χ4v) is 3.50. The van der Waals surface area contributed by atoms with Crippen LogP contribution in [0.4, 0.5) is 0 Å². The van der Waals surface area contributed by atoms with Gasteiger partial charge in [-0.3, -0.25) is 4.79 Å². The number of rotatable bonds is 10. The van der Waals surface area contributed by atoms with Crippen LogP contribution in [-0.4, -0.2) is 36.9 Å². The molecular formula is C22H37NO2. The number of hydrogen-bond acceptors (Lipinski definition) is 3. The molecule has 0 aromatic heterocycles. The van der Waals surface area contributed by atoms with E-state index in [1.165, 1.54) is 38.9 Å². The summed E-state index contributed by atoms with van der Waals surface area (Å²) in [5.74, 6) is 2.64. The van der Waals surface area contributed by atoms with Crippen molar-refractivity contribution in [2.24, 2.45) is 11.8 Å². The number of nitrogens with zero attached hydrogens (tertiary/aromatic N) is 1. The molecule has 1 unspecified atom stereocenters. The Bertz CT molecular complexity index is 478. The van der Waals surface area contributed by atoms with Crippen molar-refractivity contribution in [1.82, 2.24) is 4.90 Å². The molecule has 0 aliphatic carbocycles. The topological polar surface area (TPSA) is 29.5 Å². The van der Waals surface area contributed by atoms with Crippen molar-refractivity contribution in [3.8, 4) is 0 Å². The van der Waals surface area contributed by atoms with Gasteiger partial charge in [-0.25, -0.2) is 0 Å². The van der Waals surface area contributed by atoms with E-state index < -0.39 is 0 Å². The zero-order chi connectivity index (χ0) is 18.7. The Labute approximate surface area is 154 Å². The number of likely N-dealkylation sites (tertiary alicyclic amines) is 1. The molecule has 142 valence electrons. The maximum Gasteiger partial charge on any atom is 0.133 e. The van der Waals surface area contributed by atoms with Crippen LogP contribution in [0.3, 0.4) is 0 Å². The highest BCUT2D eigenvalue weighted by Crippen LogP contribution is 2.21. The van der Waals surface area contributed by atoms with Gasteiger partial charge in [0.1, 0.15) is 11.5 Å². The molecule has 0 spiro atoms. The van der Waals surface area contributed by atoms with E-state index in [-0.39, 0.29) is 5.78 Å². The zero-order valence-corrected chi connectivity index (χ0v) is 16.7. The molecule has 0 N–H and O–H groups in total. The number of ketones is 1. The highest BCUT2D eigenvalue weighted by Gasteiger charge is 2.18. The van der Waals surface area contributed by atoms with E-state index in [1.807, 2.05) is 19.1 Å². The largest absolute Gasteiger partial charge is 0.494 e. The van der Waals surface area contributed by atoms with Gasteiger partial charge in [-0.2, -0.15) is 0 Å². The molecule has 3 heteroatoms. The van der Waals surface area contributed by atoms with E-state index in [0.29, 0.717) is 6.42 Å². The van der Waals surface area contributed by atoms with Gasteiger partial charge in [0.2, 0.25) is 0 Å². The van der Waals surface area contributed by atoms with Crippen molar-refractivity contribution >= 4 is 5.78 Å². The molecule has 0 saturated carbocycles. The minimum absolute atomic E-state index is 0.181. The van der Waals surface area contributed by atoms with E-state index in [9.17, 15) is 4.79 Å². The van der Waals surface area contributed by atoms with Crippen LogP contribution in [0.25, 0.3) is 0 Å². The zero-order valence-electron chi connectivity index (χ0n) is 16.7. The molecule has 1 rings (SSSR count). The van der Waals surface area contributed by atoms with Gasteiger partial charge in [0, 0.05) is 13.0 Å². The van der Waals surface area contributed by atoms with Crippen molar-refractivity contribution in [3.05, 3.63) is 36.1 Å². The maximum atomic E-state index is 11.1. The molecule has 1 aliphatic heterocycles. The summed E-state index contributed by atoms with van der Waals surface area (Å²) in [6.07, 6.45) is 11.0. The average Bonchev–Trinajstić information content (AvgIpc) is 2.69. The highest BCUT2D eigenvalue weighted by molar-refractivity contribution is 5.78. The van der Waals surface area contributed by atoms with Crippen LogP contribution in [0.15, 0.2) is 36.1 Å². The van der Waals surface area contributed by atoms with Gasteiger partial charge in [0.15, 0.2) is 0 Å². The Morgan fingerprint density at radius 1 is 1.20 bits per heavy atom. The molecule has 0 radical (unpaired) electrons. The van der Waals surface area contributed by atoms with Crippen LogP contribution >= 0.6 is 0 Å². The molecule has 1 heterocycles. The number of ether oxygens (including phenoxy) is 1. The standard InChI is InChI=1S/C22H37NO2/c1-6-22(10-9-18(2)16-21(5)24)25-14-8-7-12-23-13-11-19(3)15-20(4)17-23/h6,9-10,19-20H,1,7-8,11-17H2,2-5H3/b18-9+,22-10+/t19?,20-/m1/s1. The molecule has 0 amide bonds. The molecular weight excluding hydrogens is 310 g/mol. The Balaban J connectivity index is 2.26. The second-order valence-corrected chi connectivity index (χ2v) is 7.76.